The summed E-state index contributed by atoms with van der Waals surface area (Å²) >= 11 is 0. The second kappa shape index (κ2) is 7.30. The van der Waals surface area contributed by atoms with Crippen LogP contribution in [-0.2, 0) is 14.2 Å². The lowest BCUT2D eigenvalue weighted by atomic mass is 9.48. The molecule has 0 N–H and O–H groups in total. The predicted octanol–water partition coefficient (Wildman–Crippen LogP) is 3.33. The largest absolute Gasteiger partial charge is 0.379 e. The monoisotopic (exact) mass is 349 g/mol. The van der Waals surface area contributed by atoms with Crippen LogP contribution in [-0.4, -0.2) is 57.3 Å². The molecule has 2 aliphatic heterocycles. The van der Waals surface area contributed by atoms with Crippen LogP contribution in [0.4, 0.5) is 0 Å². The summed E-state index contributed by atoms with van der Waals surface area (Å²) in [5, 5.41) is 0. The molecule has 4 rings (SSSR count). The molecule has 2 aliphatic carbocycles. The zero-order valence-electron chi connectivity index (χ0n) is 16.0. The predicted molar refractivity (Wildman–Crippen MR) is 98.3 cm³/mol. The molecule has 0 spiro atoms. The normalized spacial score (nSPS) is 45.7. The lowest BCUT2D eigenvalue weighted by molar-refractivity contribution is -0.220. The Bertz CT molecular complexity index is 490. The van der Waals surface area contributed by atoms with Crippen molar-refractivity contribution in [2.24, 2.45) is 29.1 Å². The third-order valence-corrected chi connectivity index (χ3v) is 7.81. The molecule has 0 amide bonds. The van der Waals surface area contributed by atoms with E-state index in [-0.39, 0.29) is 0 Å². The molecule has 0 radical (unpaired) electrons. The van der Waals surface area contributed by atoms with Gasteiger partial charge in [-0.1, -0.05) is 26.0 Å². The van der Waals surface area contributed by atoms with Gasteiger partial charge in [-0.05, 0) is 55.4 Å². The van der Waals surface area contributed by atoms with Crippen LogP contribution < -0.4 is 0 Å². The highest BCUT2D eigenvalue weighted by Crippen LogP contribution is 2.59. The maximum atomic E-state index is 5.96. The minimum Gasteiger partial charge on any atom is -0.379 e. The first-order chi connectivity index (χ1) is 12.1. The van der Waals surface area contributed by atoms with Crippen LogP contribution in [0.2, 0.25) is 0 Å². The zero-order chi connectivity index (χ0) is 17.4. The van der Waals surface area contributed by atoms with Crippen molar-refractivity contribution >= 4 is 0 Å². The van der Waals surface area contributed by atoms with Crippen LogP contribution >= 0.6 is 0 Å². The van der Waals surface area contributed by atoms with Crippen molar-refractivity contribution in [3.05, 3.63) is 12.2 Å². The molecule has 2 saturated heterocycles. The molecule has 25 heavy (non-hydrogen) atoms. The molecular weight excluding hydrogens is 314 g/mol. The molecule has 0 aromatic carbocycles. The van der Waals surface area contributed by atoms with E-state index in [4.69, 9.17) is 14.2 Å². The van der Waals surface area contributed by atoms with E-state index < -0.39 is 0 Å². The molecule has 4 aliphatic rings. The number of hydrogen-bond acceptors (Lipinski definition) is 4. The van der Waals surface area contributed by atoms with Gasteiger partial charge in [0, 0.05) is 19.0 Å². The Morgan fingerprint density at radius 2 is 2.04 bits per heavy atom. The van der Waals surface area contributed by atoms with Crippen LogP contribution in [0.5, 0.6) is 0 Å². The highest BCUT2D eigenvalue weighted by Gasteiger charge is 2.55. The van der Waals surface area contributed by atoms with Crippen molar-refractivity contribution in [2.75, 3.05) is 46.2 Å². The summed E-state index contributed by atoms with van der Waals surface area (Å²) in [5.74, 6) is 2.54. The lowest BCUT2D eigenvalue weighted by Gasteiger charge is -2.59. The van der Waals surface area contributed by atoms with Gasteiger partial charge < -0.3 is 14.2 Å². The molecule has 0 aromatic rings. The van der Waals surface area contributed by atoms with Gasteiger partial charge in [0.2, 0.25) is 0 Å². The van der Waals surface area contributed by atoms with Gasteiger partial charge in [0.25, 0.3) is 0 Å². The van der Waals surface area contributed by atoms with Gasteiger partial charge in [-0.25, -0.2) is 0 Å². The smallest absolute Gasteiger partial charge is 0.147 e. The average Bonchev–Trinajstić information content (AvgIpc) is 2.64. The Hall–Kier alpha value is -0.420. The van der Waals surface area contributed by atoms with Crippen LogP contribution in [0, 0.1) is 29.1 Å². The van der Waals surface area contributed by atoms with E-state index in [0.717, 1.165) is 32.9 Å². The van der Waals surface area contributed by atoms with E-state index in [1.54, 1.807) is 0 Å². The first-order valence-corrected chi connectivity index (χ1v) is 10.3. The number of allylic oxidation sites excluding steroid dienone is 1. The number of fused-ring (bicyclic) bond motifs is 3. The fourth-order valence-electron chi connectivity index (χ4n) is 6.18. The van der Waals surface area contributed by atoms with Gasteiger partial charge in [-0.15, -0.1) is 0 Å². The Morgan fingerprint density at radius 1 is 1.24 bits per heavy atom. The third kappa shape index (κ3) is 3.31. The molecule has 4 fully saturated rings. The van der Waals surface area contributed by atoms with E-state index in [2.05, 4.69) is 25.3 Å². The first kappa shape index (κ1) is 18.0. The Balaban J connectivity index is 1.51. The lowest BCUT2D eigenvalue weighted by Crippen LogP contribution is -2.55. The maximum Gasteiger partial charge on any atom is 0.147 e. The summed E-state index contributed by atoms with van der Waals surface area (Å²) in [6.07, 6.45) is 5.40. The fourth-order valence-corrected chi connectivity index (χ4v) is 6.18. The van der Waals surface area contributed by atoms with Crippen LogP contribution in [0.1, 0.15) is 39.5 Å². The van der Waals surface area contributed by atoms with Gasteiger partial charge in [0.05, 0.1) is 25.9 Å². The topological polar surface area (TPSA) is 30.9 Å². The minimum atomic E-state index is 0.362. The van der Waals surface area contributed by atoms with E-state index >= 15 is 0 Å². The number of ether oxygens (including phenoxy) is 3. The molecule has 142 valence electrons. The van der Waals surface area contributed by atoms with Crippen LogP contribution in [0.3, 0.4) is 0 Å². The molecule has 6 unspecified atom stereocenters. The summed E-state index contributed by atoms with van der Waals surface area (Å²) in [5.41, 5.74) is 1.87. The number of rotatable bonds is 3. The summed E-state index contributed by atoms with van der Waals surface area (Å²) in [6, 6.07) is 0. The van der Waals surface area contributed by atoms with E-state index in [9.17, 15) is 0 Å². The number of hydrogen-bond donors (Lipinski definition) is 0. The molecule has 2 saturated carbocycles. The van der Waals surface area contributed by atoms with Crippen molar-refractivity contribution in [2.45, 2.75) is 45.6 Å². The van der Waals surface area contributed by atoms with Gasteiger partial charge in [-0.2, -0.15) is 0 Å². The Morgan fingerprint density at radius 3 is 2.84 bits per heavy atom. The first-order valence-electron chi connectivity index (χ1n) is 10.3. The van der Waals surface area contributed by atoms with Gasteiger partial charge >= 0.3 is 0 Å². The summed E-state index contributed by atoms with van der Waals surface area (Å²) < 4.78 is 17.2. The van der Waals surface area contributed by atoms with Crippen molar-refractivity contribution in [3.63, 3.8) is 0 Å². The SMILES string of the molecule is C=C1C(C)CC2C3COCOC3CCC2(C)C1CCN1CCOCC1. The van der Waals surface area contributed by atoms with Gasteiger partial charge in [0.1, 0.15) is 6.79 Å². The Labute approximate surface area is 152 Å². The van der Waals surface area contributed by atoms with E-state index in [0.29, 0.717) is 42.0 Å². The van der Waals surface area contributed by atoms with Crippen LogP contribution in [0.15, 0.2) is 12.2 Å². The fraction of sp³-hybridized carbons (Fsp3) is 0.905. The summed E-state index contributed by atoms with van der Waals surface area (Å²) in [6.45, 7) is 16.0. The molecular formula is C21H35NO3. The third-order valence-electron chi connectivity index (χ3n) is 7.81. The second-order valence-corrected chi connectivity index (χ2v) is 9.02. The Kier molecular flexibility index (Phi) is 5.25. The highest BCUT2D eigenvalue weighted by atomic mass is 16.7. The van der Waals surface area contributed by atoms with Crippen LogP contribution in [0.25, 0.3) is 0 Å². The summed E-state index contributed by atoms with van der Waals surface area (Å²) in [7, 11) is 0. The van der Waals surface area contributed by atoms with Crippen molar-refractivity contribution < 1.29 is 14.2 Å². The number of morpholine rings is 1. The van der Waals surface area contributed by atoms with E-state index in [1.165, 1.54) is 37.8 Å². The molecule has 0 bridgehead atoms. The summed E-state index contributed by atoms with van der Waals surface area (Å²) in [4.78, 5) is 2.58. The molecule has 4 heteroatoms. The van der Waals surface area contributed by atoms with Gasteiger partial charge in [0.15, 0.2) is 0 Å². The molecule has 4 nitrogen and oxygen atoms in total. The highest BCUT2D eigenvalue weighted by molar-refractivity contribution is 5.18. The molecule has 0 aromatic heterocycles. The van der Waals surface area contributed by atoms with Crippen molar-refractivity contribution in [3.8, 4) is 0 Å². The second-order valence-electron chi connectivity index (χ2n) is 9.02. The minimum absolute atomic E-state index is 0.362. The van der Waals surface area contributed by atoms with Crippen molar-refractivity contribution in [1.82, 2.24) is 4.90 Å². The van der Waals surface area contributed by atoms with E-state index in [1.807, 2.05) is 0 Å². The zero-order valence-corrected chi connectivity index (χ0v) is 16.0. The molecule has 6 atom stereocenters. The van der Waals surface area contributed by atoms with Gasteiger partial charge in [-0.3, -0.25) is 4.90 Å². The maximum absolute atomic E-state index is 5.96. The molecule has 2 heterocycles. The average molecular weight is 350 g/mol. The standard InChI is InChI=1S/C21H35NO3/c1-15-12-19-17-13-24-14-25-20(17)4-6-21(19,3)18(16(15)2)5-7-22-8-10-23-11-9-22/h15,17-20H,2,4-14H2,1,3H3. The van der Waals surface area contributed by atoms with Crippen molar-refractivity contribution in [1.29, 1.82) is 0 Å². The number of nitrogens with zero attached hydrogens (tertiary/aromatic N) is 1. The quantitative estimate of drug-likeness (QED) is 0.732.